The zero-order valence-electron chi connectivity index (χ0n) is 7.30. The van der Waals surface area contributed by atoms with Crippen molar-refractivity contribution >= 4 is 27.7 Å². The quantitative estimate of drug-likeness (QED) is 0.414. The van der Waals surface area contributed by atoms with Crippen molar-refractivity contribution in [3.05, 3.63) is 0 Å². The molecule has 0 heterocycles. The Bertz CT molecular complexity index is 168. The van der Waals surface area contributed by atoms with E-state index in [-0.39, 0.29) is 11.1 Å². The largest absolute Gasteiger partial charge is 0.465 e. The predicted octanol–water partition coefficient (Wildman–Crippen LogP) is 1.54. The van der Waals surface area contributed by atoms with E-state index in [0.29, 0.717) is 13.0 Å². The molecule has 0 radical (unpaired) electrons. The van der Waals surface area contributed by atoms with Gasteiger partial charge in [-0.05, 0) is 13.3 Å². The Morgan fingerprint density at radius 2 is 2.00 bits per heavy atom. The second kappa shape index (κ2) is 6.17. The standard InChI is InChI=1S/C8H13BrO3/c1-3-6(7(10)5-9)8(11)12-4-2/h6H,3-5H2,1-2H3/t6-/m1/s1. The average molecular weight is 237 g/mol. The van der Waals surface area contributed by atoms with Crippen LogP contribution in [0.2, 0.25) is 0 Å². The molecule has 0 aromatic rings. The zero-order valence-corrected chi connectivity index (χ0v) is 8.89. The number of halogens is 1. The molecule has 0 aliphatic heterocycles. The smallest absolute Gasteiger partial charge is 0.316 e. The lowest BCUT2D eigenvalue weighted by molar-refractivity contribution is -0.151. The van der Waals surface area contributed by atoms with Gasteiger partial charge in [0.05, 0.1) is 11.9 Å². The first-order valence-corrected chi connectivity index (χ1v) is 5.04. The van der Waals surface area contributed by atoms with Gasteiger partial charge in [0, 0.05) is 0 Å². The molecule has 0 amide bonds. The normalized spacial score (nSPS) is 12.2. The van der Waals surface area contributed by atoms with Crippen molar-refractivity contribution in [2.45, 2.75) is 20.3 Å². The number of carbonyl (C=O) groups is 2. The highest BCUT2D eigenvalue weighted by Crippen LogP contribution is 2.08. The van der Waals surface area contributed by atoms with Crippen LogP contribution in [0.15, 0.2) is 0 Å². The number of hydrogen-bond acceptors (Lipinski definition) is 3. The lowest BCUT2D eigenvalue weighted by atomic mass is 10.0. The Morgan fingerprint density at radius 1 is 1.42 bits per heavy atom. The molecule has 0 fully saturated rings. The van der Waals surface area contributed by atoms with Crippen LogP contribution in [0.5, 0.6) is 0 Å². The van der Waals surface area contributed by atoms with Crippen LogP contribution in [0.1, 0.15) is 20.3 Å². The minimum atomic E-state index is -0.593. The molecular formula is C8H13BrO3. The van der Waals surface area contributed by atoms with Crippen LogP contribution in [0.3, 0.4) is 0 Å². The molecule has 12 heavy (non-hydrogen) atoms. The van der Waals surface area contributed by atoms with E-state index in [0.717, 1.165) is 0 Å². The first-order chi connectivity index (χ1) is 5.67. The third-order valence-electron chi connectivity index (χ3n) is 1.50. The number of alkyl halides is 1. The van der Waals surface area contributed by atoms with E-state index in [9.17, 15) is 9.59 Å². The molecule has 1 atom stereocenters. The summed E-state index contributed by atoms with van der Waals surface area (Å²) < 4.78 is 4.74. The summed E-state index contributed by atoms with van der Waals surface area (Å²) >= 11 is 3.02. The summed E-state index contributed by atoms with van der Waals surface area (Å²) in [5, 5.41) is 0.213. The topological polar surface area (TPSA) is 43.4 Å². The van der Waals surface area contributed by atoms with Gasteiger partial charge < -0.3 is 4.74 Å². The number of rotatable bonds is 5. The van der Waals surface area contributed by atoms with E-state index in [1.807, 2.05) is 0 Å². The number of Topliss-reactive ketones (excluding diaryl/α,β-unsaturated/α-hetero) is 1. The maximum atomic E-state index is 11.1. The first kappa shape index (κ1) is 11.6. The van der Waals surface area contributed by atoms with Gasteiger partial charge in [0.25, 0.3) is 0 Å². The Kier molecular flexibility index (Phi) is 5.98. The monoisotopic (exact) mass is 236 g/mol. The van der Waals surface area contributed by atoms with Gasteiger partial charge in [-0.1, -0.05) is 22.9 Å². The minimum Gasteiger partial charge on any atom is -0.465 e. The molecule has 0 unspecified atom stereocenters. The van der Waals surface area contributed by atoms with E-state index in [1.54, 1.807) is 13.8 Å². The van der Waals surface area contributed by atoms with Gasteiger partial charge >= 0.3 is 5.97 Å². The second-order valence-electron chi connectivity index (χ2n) is 2.31. The third kappa shape index (κ3) is 3.34. The highest BCUT2D eigenvalue weighted by atomic mass is 79.9. The summed E-state index contributed by atoms with van der Waals surface area (Å²) in [6.07, 6.45) is 0.503. The Morgan fingerprint density at radius 3 is 2.33 bits per heavy atom. The van der Waals surface area contributed by atoms with Crippen LogP contribution in [-0.4, -0.2) is 23.7 Å². The highest BCUT2D eigenvalue weighted by Gasteiger charge is 2.24. The number of ketones is 1. The maximum absolute atomic E-state index is 11.1. The molecule has 4 heteroatoms. The number of carbonyl (C=O) groups excluding carboxylic acids is 2. The van der Waals surface area contributed by atoms with Gasteiger partial charge in [-0.2, -0.15) is 0 Å². The SMILES string of the molecule is CCOC(=O)[C@H](CC)C(=O)CBr. The second-order valence-corrected chi connectivity index (χ2v) is 2.87. The van der Waals surface area contributed by atoms with E-state index in [2.05, 4.69) is 15.9 Å². The summed E-state index contributed by atoms with van der Waals surface area (Å²) in [5.41, 5.74) is 0. The fourth-order valence-electron chi connectivity index (χ4n) is 0.862. The van der Waals surface area contributed by atoms with Crippen molar-refractivity contribution in [1.82, 2.24) is 0 Å². The Labute approximate surface area is 80.6 Å². The van der Waals surface area contributed by atoms with Gasteiger partial charge in [-0.25, -0.2) is 0 Å². The van der Waals surface area contributed by atoms with E-state index in [1.165, 1.54) is 0 Å². The molecule has 0 rings (SSSR count). The lowest BCUT2D eigenvalue weighted by Gasteiger charge is -2.09. The van der Waals surface area contributed by atoms with Crippen molar-refractivity contribution in [3.8, 4) is 0 Å². The summed E-state index contributed by atoms with van der Waals surface area (Å²) in [5.74, 6) is -1.12. The van der Waals surface area contributed by atoms with Crippen LogP contribution < -0.4 is 0 Å². The molecule has 0 saturated heterocycles. The Balaban J connectivity index is 4.14. The minimum absolute atomic E-state index is 0.115. The molecule has 0 aliphatic carbocycles. The van der Waals surface area contributed by atoms with Crippen LogP contribution in [0.4, 0.5) is 0 Å². The highest BCUT2D eigenvalue weighted by molar-refractivity contribution is 9.09. The van der Waals surface area contributed by atoms with Crippen molar-refractivity contribution in [2.24, 2.45) is 5.92 Å². The maximum Gasteiger partial charge on any atom is 0.316 e. The number of ether oxygens (including phenoxy) is 1. The van der Waals surface area contributed by atoms with Gasteiger partial charge in [0.1, 0.15) is 5.92 Å². The molecular weight excluding hydrogens is 224 g/mol. The van der Waals surface area contributed by atoms with E-state index < -0.39 is 11.9 Å². The zero-order chi connectivity index (χ0) is 9.56. The lowest BCUT2D eigenvalue weighted by Crippen LogP contribution is -2.26. The molecule has 0 spiro atoms. The van der Waals surface area contributed by atoms with E-state index >= 15 is 0 Å². The molecule has 0 aromatic heterocycles. The van der Waals surface area contributed by atoms with Crippen molar-refractivity contribution < 1.29 is 14.3 Å². The van der Waals surface area contributed by atoms with Gasteiger partial charge in [0.15, 0.2) is 5.78 Å². The van der Waals surface area contributed by atoms with Crippen molar-refractivity contribution in [3.63, 3.8) is 0 Å². The van der Waals surface area contributed by atoms with Crippen LogP contribution in [-0.2, 0) is 14.3 Å². The first-order valence-electron chi connectivity index (χ1n) is 3.92. The van der Waals surface area contributed by atoms with Gasteiger partial charge in [-0.15, -0.1) is 0 Å². The molecule has 0 N–H and O–H groups in total. The van der Waals surface area contributed by atoms with Gasteiger partial charge in [-0.3, -0.25) is 9.59 Å². The molecule has 3 nitrogen and oxygen atoms in total. The van der Waals surface area contributed by atoms with Gasteiger partial charge in [0.2, 0.25) is 0 Å². The summed E-state index contributed by atoms with van der Waals surface area (Å²) in [6.45, 7) is 3.84. The fraction of sp³-hybridized carbons (Fsp3) is 0.750. The molecule has 0 saturated carbocycles. The fourth-order valence-corrected chi connectivity index (χ4v) is 1.25. The molecule has 0 aromatic carbocycles. The van der Waals surface area contributed by atoms with Crippen molar-refractivity contribution in [1.29, 1.82) is 0 Å². The van der Waals surface area contributed by atoms with E-state index in [4.69, 9.17) is 4.74 Å². The molecule has 0 aliphatic rings. The number of hydrogen-bond donors (Lipinski definition) is 0. The Hall–Kier alpha value is -0.380. The third-order valence-corrected chi connectivity index (χ3v) is 2.05. The summed E-state index contributed by atoms with van der Waals surface area (Å²) in [4.78, 5) is 22.2. The molecule has 0 bridgehead atoms. The average Bonchev–Trinajstić information content (AvgIpc) is 2.06. The van der Waals surface area contributed by atoms with Crippen LogP contribution >= 0.6 is 15.9 Å². The predicted molar refractivity (Wildman–Crippen MR) is 49.2 cm³/mol. The number of esters is 1. The molecule has 70 valence electrons. The summed E-state index contributed by atoms with van der Waals surface area (Å²) in [7, 11) is 0. The van der Waals surface area contributed by atoms with Crippen molar-refractivity contribution in [2.75, 3.05) is 11.9 Å². The van der Waals surface area contributed by atoms with Crippen LogP contribution in [0.25, 0.3) is 0 Å². The van der Waals surface area contributed by atoms with Crippen LogP contribution in [0, 0.1) is 5.92 Å². The summed E-state index contributed by atoms with van der Waals surface area (Å²) in [6, 6.07) is 0.